The zero-order valence-electron chi connectivity index (χ0n) is 10.3. The van der Waals surface area contributed by atoms with E-state index in [-0.39, 0.29) is 0 Å². The number of aromatic nitrogens is 3. The van der Waals surface area contributed by atoms with E-state index in [9.17, 15) is 5.11 Å². The Labute approximate surface area is 101 Å². The Bertz CT molecular complexity index is 395. The van der Waals surface area contributed by atoms with Gasteiger partial charge < -0.3 is 10.0 Å². The van der Waals surface area contributed by atoms with Gasteiger partial charge in [-0.15, -0.1) is 0 Å². The molecule has 0 bridgehead atoms. The standard InChI is InChI=1S/C12H20N4O/c1-15-7-5-9(6-8-15)12-13-10-3-2-4-11(17)16(10)14-12/h9,11,17H,2-8H2,1H3. The molecule has 17 heavy (non-hydrogen) atoms. The third kappa shape index (κ3) is 2.09. The molecule has 1 fully saturated rings. The second-order valence-corrected chi connectivity index (χ2v) is 5.28. The molecule has 0 radical (unpaired) electrons. The Morgan fingerprint density at radius 3 is 2.71 bits per heavy atom. The quantitative estimate of drug-likeness (QED) is 0.787. The molecule has 1 N–H and O–H groups in total. The maximum atomic E-state index is 9.87. The first kappa shape index (κ1) is 11.2. The lowest BCUT2D eigenvalue weighted by Gasteiger charge is -2.27. The van der Waals surface area contributed by atoms with E-state index in [0.717, 1.165) is 56.8 Å². The Morgan fingerprint density at radius 2 is 2.00 bits per heavy atom. The number of nitrogens with zero attached hydrogens (tertiary/aromatic N) is 4. The molecule has 1 unspecified atom stereocenters. The molecule has 3 heterocycles. The highest BCUT2D eigenvalue weighted by atomic mass is 16.3. The summed E-state index contributed by atoms with van der Waals surface area (Å²) in [6.45, 7) is 2.24. The van der Waals surface area contributed by atoms with Crippen LogP contribution in [0.1, 0.15) is 49.5 Å². The van der Waals surface area contributed by atoms with E-state index >= 15 is 0 Å². The van der Waals surface area contributed by atoms with Crippen LogP contribution >= 0.6 is 0 Å². The van der Waals surface area contributed by atoms with E-state index in [1.54, 1.807) is 4.68 Å². The molecule has 1 saturated heterocycles. The van der Waals surface area contributed by atoms with Gasteiger partial charge in [0.1, 0.15) is 12.1 Å². The Kier molecular flexibility index (Phi) is 2.88. The van der Waals surface area contributed by atoms with Gasteiger partial charge in [-0.25, -0.2) is 9.67 Å². The van der Waals surface area contributed by atoms with Gasteiger partial charge in [0.2, 0.25) is 0 Å². The van der Waals surface area contributed by atoms with Gasteiger partial charge in [0.25, 0.3) is 0 Å². The third-order valence-electron chi connectivity index (χ3n) is 3.95. The molecular formula is C12H20N4O. The number of aliphatic hydroxyl groups is 1. The van der Waals surface area contributed by atoms with Crippen LogP contribution in [0.15, 0.2) is 0 Å². The van der Waals surface area contributed by atoms with Crippen LogP contribution in [0.25, 0.3) is 0 Å². The molecule has 3 rings (SSSR count). The van der Waals surface area contributed by atoms with Gasteiger partial charge >= 0.3 is 0 Å². The highest BCUT2D eigenvalue weighted by Gasteiger charge is 2.26. The molecule has 2 aliphatic heterocycles. The second kappa shape index (κ2) is 4.38. The van der Waals surface area contributed by atoms with E-state index in [2.05, 4.69) is 22.0 Å². The minimum absolute atomic E-state index is 0.453. The average Bonchev–Trinajstić information content (AvgIpc) is 2.75. The van der Waals surface area contributed by atoms with Gasteiger partial charge in [0.15, 0.2) is 5.82 Å². The smallest absolute Gasteiger partial charge is 0.154 e. The molecule has 0 aromatic carbocycles. The lowest BCUT2D eigenvalue weighted by molar-refractivity contribution is 0.0641. The van der Waals surface area contributed by atoms with Crippen molar-refractivity contribution in [3.8, 4) is 0 Å². The highest BCUT2D eigenvalue weighted by Crippen LogP contribution is 2.28. The number of aliphatic hydroxyl groups excluding tert-OH is 1. The topological polar surface area (TPSA) is 54.2 Å². The van der Waals surface area contributed by atoms with Gasteiger partial charge in [-0.2, -0.15) is 5.10 Å². The van der Waals surface area contributed by atoms with Crippen LogP contribution < -0.4 is 0 Å². The third-order valence-corrected chi connectivity index (χ3v) is 3.95. The van der Waals surface area contributed by atoms with E-state index in [4.69, 9.17) is 0 Å². The average molecular weight is 236 g/mol. The molecule has 5 nitrogen and oxygen atoms in total. The maximum Gasteiger partial charge on any atom is 0.154 e. The summed E-state index contributed by atoms with van der Waals surface area (Å²) >= 11 is 0. The summed E-state index contributed by atoms with van der Waals surface area (Å²) in [5.74, 6) is 2.41. The molecule has 0 amide bonds. The summed E-state index contributed by atoms with van der Waals surface area (Å²) < 4.78 is 1.73. The SMILES string of the molecule is CN1CCC(c2nc3n(n2)C(O)CCC3)CC1. The van der Waals surface area contributed by atoms with Crippen LogP contribution in [0, 0.1) is 0 Å². The van der Waals surface area contributed by atoms with Gasteiger partial charge in [0, 0.05) is 12.3 Å². The number of hydrogen-bond acceptors (Lipinski definition) is 4. The van der Waals surface area contributed by atoms with Crippen LogP contribution in [0.2, 0.25) is 0 Å². The molecule has 0 saturated carbocycles. The number of piperidine rings is 1. The van der Waals surface area contributed by atoms with E-state index in [1.807, 2.05) is 0 Å². The summed E-state index contributed by atoms with van der Waals surface area (Å²) in [5, 5.41) is 14.4. The maximum absolute atomic E-state index is 9.87. The van der Waals surface area contributed by atoms with Crippen molar-refractivity contribution < 1.29 is 5.11 Å². The summed E-state index contributed by atoms with van der Waals surface area (Å²) in [5.41, 5.74) is 0. The number of fused-ring (bicyclic) bond motifs is 1. The van der Waals surface area contributed by atoms with Crippen molar-refractivity contribution in [1.29, 1.82) is 0 Å². The van der Waals surface area contributed by atoms with Gasteiger partial charge in [-0.05, 0) is 45.8 Å². The molecule has 94 valence electrons. The molecule has 0 aliphatic carbocycles. The highest BCUT2D eigenvalue weighted by molar-refractivity contribution is 5.03. The molecular weight excluding hydrogens is 216 g/mol. The van der Waals surface area contributed by atoms with Crippen molar-refractivity contribution in [3.05, 3.63) is 11.6 Å². The zero-order valence-corrected chi connectivity index (χ0v) is 10.3. The van der Waals surface area contributed by atoms with E-state index < -0.39 is 6.23 Å². The van der Waals surface area contributed by atoms with Crippen LogP contribution in [0.5, 0.6) is 0 Å². The predicted octanol–water partition coefficient (Wildman–Crippen LogP) is 0.914. The molecule has 0 spiro atoms. The molecule has 1 aromatic rings. The lowest BCUT2D eigenvalue weighted by atomic mass is 9.97. The lowest BCUT2D eigenvalue weighted by Crippen LogP contribution is -2.29. The van der Waals surface area contributed by atoms with Crippen LogP contribution in [0.4, 0.5) is 0 Å². The largest absolute Gasteiger partial charge is 0.372 e. The van der Waals surface area contributed by atoms with Crippen molar-refractivity contribution in [2.75, 3.05) is 20.1 Å². The first-order chi connectivity index (χ1) is 8.24. The van der Waals surface area contributed by atoms with Crippen LogP contribution in [-0.2, 0) is 6.42 Å². The van der Waals surface area contributed by atoms with Crippen molar-refractivity contribution in [2.45, 2.75) is 44.2 Å². The van der Waals surface area contributed by atoms with Gasteiger partial charge in [-0.1, -0.05) is 0 Å². The van der Waals surface area contributed by atoms with E-state index in [0.29, 0.717) is 5.92 Å². The summed E-state index contributed by atoms with van der Waals surface area (Å²) in [7, 11) is 2.16. The predicted molar refractivity (Wildman–Crippen MR) is 63.7 cm³/mol. The van der Waals surface area contributed by atoms with Crippen molar-refractivity contribution in [3.63, 3.8) is 0 Å². The second-order valence-electron chi connectivity index (χ2n) is 5.28. The minimum Gasteiger partial charge on any atom is -0.372 e. The summed E-state index contributed by atoms with van der Waals surface area (Å²) in [4.78, 5) is 6.97. The normalized spacial score (nSPS) is 27.1. The fraction of sp³-hybridized carbons (Fsp3) is 0.833. The van der Waals surface area contributed by atoms with Crippen molar-refractivity contribution in [2.24, 2.45) is 0 Å². The molecule has 1 atom stereocenters. The monoisotopic (exact) mass is 236 g/mol. The Balaban J connectivity index is 1.80. The van der Waals surface area contributed by atoms with E-state index in [1.165, 1.54) is 0 Å². The first-order valence-electron chi connectivity index (χ1n) is 6.56. The van der Waals surface area contributed by atoms with Crippen molar-refractivity contribution in [1.82, 2.24) is 19.7 Å². The molecule has 5 heteroatoms. The number of hydrogen-bond donors (Lipinski definition) is 1. The fourth-order valence-electron chi connectivity index (χ4n) is 2.79. The Hall–Kier alpha value is -0.940. The number of rotatable bonds is 1. The first-order valence-corrected chi connectivity index (χ1v) is 6.56. The number of likely N-dealkylation sites (tertiary alicyclic amines) is 1. The van der Waals surface area contributed by atoms with Gasteiger partial charge in [0.05, 0.1) is 0 Å². The summed E-state index contributed by atoms with van der Waals surface area (Å²) in [6, 6.07) is 0. The molecule has 1 aromatic heterocycles. The fourth-order valence-corrected chi connectivity index (χ4v) is 2.79. The molecule has 2 aliphatic rings. The summed E-state index contributed by atoms with van der Waals surface area (Å²) in [6.07, 6.45) is 4.60. The van der Waals surface area contributed by atoms with Crippen LogP contribution in [-0.4, -0.2) is 44.9 Å². The Morgan fingerprint density at radius 1 is 1.24 bits per heavy atom. The van der Waals surface area contributed by atoms with Crippen molar-refractivity contribution >= 4 is 0 Å². The van der Waals surface area contributed by atoms with Crippen LogP contribution in [0.3, 0.4) is 0 Å². The zero-order chi connectivity index (χ0) is 11.8. The number of aryl methyl sites for hydroxylation is 1. The minimum atomic E-state index is -0.453. The van der Waals surface area contributed by atoms with Gasteiger partial charge in [-0.3, -0.25) is 0 Å².